The summed E-state index contributed by atoms with van der Waals surface area (Å²) in [5.74, 6) is -0.654. The number of benzene rings is 1. The van der Waals surface area contributed by atoms with Crippen LogP contribution < -0.4 is 0 Å². The van der Waals surface area contributed by atoms with Crippen molar-refractivity contribution in [3.8, 4) is 0 Å². The highest BCUT2D eigenvalue weighted by Crippen LogP contribution is 2.31. The molecule has 1 aliphatic rings. The third-order valence-electron chi connectivity index (χ3n) is 5.51. The van der Waals surface area contributed by atoms with Gasteiger partial charge in [-0.1, -0.05) is 12.1 Å². The van der Waals surface area contributed by atoms with Crippen LogP contribution in [0.5, 0.6) is 0 Å². The van der Waals surface area contributed by atoms with Gasteiger partial charge in [0.2, 0.25) is 5.91 Å². The quantitative estimate of drug-likeness (QED) is 0.503. The molecule has 0 bridgehead atoms. The summed E-state index contributed by atoms with van der Waals surface area (Å²) < 4.78 is 50.3. The standard InChI is InChI=1S/C25H30F3N3O4/c1-24(2,3)35-23(33)20-5-4-13-31(20)22(32)10-14-34-21(15-19-16-29-11-12-30-19)17-6-8-18(9-7-17)25(26,27)28/h6-9,11-12,16,20-21H,4-5,10,13-15H2,1-3H3/t20-,21?/m0/s1. The van der Waals surface area contributed by atoms with Gasteiger partial charge in [0.15, 0.2) is 0 Å². The van der Waals surface area contributed by atoms with Crippen LogP contribution in [0.1, 0.15) is 63.0 Å². The number of rotatable bonds is 8. The van der Waals surface area contributed by atoms with E-state index in [1.165, 1.54) is 29.4 Å². The second-order valence-corrected chi connectivity index (χ2v) is 9.41. The van der Waals surface area contributed by atoms with E-state index in [9.17, 15) is 22.8 Å². The van der Waals surface area contributed by atoms with Crippen LogP contribution in [-0.4, -0.2) is 51.5 Å². The van der Waals surface area contributed by atoms with Crippen molar-refractivity contribution in [2.24, 2.45) is 0 Å². The minimum absolute atomic E-state index is 0.0247. The highest BCUT2D eigenvalue weighted by Gasteiger charge is 2.36. The van der Waals surface area contributed by atoms with Gasteiger partial charge in [-0.3, -0.25) is 14.8 Å². The number of amides is 1. The average molecular weight is 494 g/mol. The maximum Gasteiger partial charge on any atom is 0.416 e. The van der Waals surface area contributed by atoms with Gasteiger partial charge in [0.05, 0.1) is 30.4 Å². The summed E-state index contributed by atoms with van der Waals surface area (Å²) in [6.07, 6.45) is 1.09. The number of ether oxygens (including phenoxy) is 2. The molecule has 0 saturated carbocycles. The molecule has 1 aromatic carbocycles. The second kappa shape index (κ2) is 11.2. The first-order valence-corrected chi connectivity index (χ1v) is 11.5. The summed E-state index contributed by atoms with van der Waals surface area (Å²) in [4.78, 5) is 35.1. The number of halogens is 3. The molecule has 2 aromatic rings. The lowest BCUT2D eigenvalue weighted by Gasteiger charge is -2.27. The van der Waals surface area contributed by atoms with Gasteiger partial charge in [0.1, 0.15) is 11.6 Å². The van der Waals surface area contributed by atoms with Crippen molar-refractivity contribution in [3.63, 3.8) is 0 Å². The van der Waals surface area contributed by atoms with Crippen LogP contribution in [0.25, 0.3) is 0 Å². The molecular formula is C25H30F3N3O4. The molecule has 0 spiro atoms. The summed E-state index contributed by atoms with van der Waals surface area (Å²) in [7, 11) is 0. The Hall–Kier alpha value is -3.01. The molecule has 190 valence electrons. The fourth-order valence-electron chi connectivity index (χ4n) is 3.90. The molecule has 10 heteroatoms. The van der Waals surface area contributed by atoms with Gasteiger partial charge < -0.3 is 14.4 Å². The first-order chi connectivity index (χ1) is 16.4. The number of likely N-dealkylation sites (tertiary alicyclic amines) is 1. The smallest absolute Gasteiger partial charge is 0.416 e. The largest absolute Gasteiger partial charge is 0.458 e. The van der Waals surface area contributed by atoms with Crippen molar-refractivity contribution in [3.05, 3.63) is 59.7 Å². The van der Waals surface area contributed by atoms with Crippen LogP contribution >= 0.6 is 0 Å². The van der Waals surface area contributed by atoms with Crippen LogP contribution in [0, 0.1) is 0 Å². The molecule has 1 amide bonds. The van der Waals surface area contributed by atoms with Gasteiger partial charge in [0.25, 0.3) is 0 Å². The topological polar surface area (TPSA) is 81.6 Å². The van der Waals surface area contributed by atoms with Crippen LogP contribution in [0.2, 0.25) is 0 Å². The highest BCUT2D eigenvalue weighted by atomic mass is 19.4. The predicted molar refractivity (Wildman–Crippen MR) is 121 cm³/mol. The Morgan fingerprint density at radius 2 is 1.86 bits per heavy atom. The first kappa shape index (κ1) is 26.6. The van der Waals surface area contributed by atoms with Gasteiger partial charge in [-0.05, 0) is 51.3 Å². The number of nitrogens with zero attached hydrogens (tertiary/aromatic N) is 3. The highest BCUT2D eigenvalue weighted by molar-refractivity contribution is 5.85. The maximum absolute atomic E-state index is 13.0. The Morgan fingerprint density at radius 1 is 1.14 bits per heavy atom. The zero-order valence-electron chi connectivity index (χ0n) is 20.0. The number of alkyl halides is 3. The van der Waals surface area contributed by atoms with Crippen molar-refractivity contribution in [2.75, 3.05) is 13.2 Å². The number of hydrogen-bond acceptors (Lipinski definition) is 6. The van der Waals surface area contributed by atoms with E-state index in [1.807, 2.05) is 0 Å². The Labute approximate surface area is 202 Å². The van der Waals surface area contributed by atoms with Gasteiger partial charge in [-0.2, -0.15) is 13.2 Å². The molecule has 7 nitrogen and oxygen atoms in total. The molecule has 0 radical (unpaired) electrons. The van der Waals surface area contributed by atoms with E-state index in [4.69, 9.17) is 9.47 Å². The molecule has 1 aromatic heterocycles. The van der Waals surface area contributed by atoms with Crippen LogP contribution in [-0.2, 0) is 31.7 Å². The number of carbonyl (C=O) groups is 2. The molecule has 0 aliphatic carbocycles. The van der Waals surface area contributed by atoms with Crippen molar-refractivity contribution >= 4 is 11.9 Å². The molecule has 35 heavy (non-hydrogen) atoms. The van der Waals surface area contributed by atoms with Crippen LogP contribution in [0.4, 0.5) is 13.2 Å². The number of aromatic nitrogens is 2. The molecule has 1 unspecified atom stereocenters. The second-order valence-electron chi connectivity index (χ2n) is 9.41. The van der Waals surface area contributed by atoms with Crippen molar-refractivity contribution in [1.29, 1.82) is 0 Å². The fraction of sp³-hybridized carbons (Fsp3) is 0.520. The van der Waals surface area contributed by atoms with Crippen LogP contribution in [0.15, 0.2) is 42.9 Å². The zero-order valence-corrected chi connectivity index (χ0v) is 20.0. The lowest BCUT2D eigenvalue weighted by Crippen LogP contribution is -2.43. The normalized spacial score (nSPS) is 17.3. The van der Waals surface area contributed by atoms with E-state index in [2.05, 4.69) is 9.97 Å². The number of esters is 1. The summed E-state index contributed by atoms with van der Waals surface area (Å²) in [5, 5.41) is 0. The molecule has 1 saturated heterocycles. The Balaban J connectivity index is 1.65. The summed E-state index contributed by atoms with van der Waals surface area (Å²) in [6, 6.07) is 4.12. The number of hydrogen-bond donors (Lipinski definition) is 0. The molecular weight excluding hydrogens is 463 g/mol. The van der Waals surface area contributed by atoms with E-state index < -0.39 is 35.5 Å². The minimum atomic E-state index is -4.44. The summed E-state index contributed by atoms with van der Waals surface area (Å²) >= 11 is 0. The van der Waals surface area contributed by atoms with Gasteiger partial charge in [-0.25, -0.2) is 4.79 Å². The molecule has 2 heterocycles. The van der Waals surface area contributed by atoms with E-state index in [1.54, 1.807) is 27.0 Å². The van der Waals surface area contributed by atoms with Crippen molar-refractivity contribution < 1.29 is 32.2 Å². The zero-order chi connectivity index (χ0) is 25.6. The van der Waals surface area contributed by atoms with E-state index in [0.717, 1.165) is 12.1 Å². The van der Waals surface area contributed by atoms with E-state index in [-0.39, 0.29) is 25.4 Å². The van der Waals surface area contributed by atoms with Crippen LogP contribution in [0.3, 0.4) is 0 Å². The minimum Gasteiger partial charge on any atom is -0.458 e. The predicted octanol–water partition coefficient (Wildman–Crippen LogP) is 4.52. The molecule has 3 rings (SSSR count). The summed E-state index contributed by atoms with van der Waals surface area (Å²) in [5.41, 5.74) is -0.263. The third-order valence-corrected chi connectivity index (χ3v) is 5.51. The van der Waals surface area contributed by atoms with Crippen molar-refractivity contribution in [2.45, 2.75) is 70.4 Å². The lowest BCUT2D eigenvalue weighted by atomic mass is 10.0. The fourth-order valence-corrected chi connectivity index (χ4v) is 3.90. The number of carbonyl (C=O) groups excluding carboxylic acids is 2. The molecule has 1 fully saturated rings. The van der Waals surface area contributed by atoms with Gasteiger partial charge >= 0.3 is 12.1 Å². The maximum atomic E-state index is 13.0. The van der Waals surface area contributed by atoms with E-state index in [0.29, 0.717) is 30.6 Å². The Morgan fingerprint density at radius 3 is 2.46 bits per heavy atom. The molecule has 0 N–H and O–H groups in total. The SMILES string of the molecule is CC(C)(C)OC(=O)[C@@H]1CCCN1C(=O)CCOC(Cc1cnccn1)c1ccc(C(F)(F)F)cc1. The first-order valence-electron chi connectivity index (χ1n) is 11.5. The average Bonchev–Trinajstić information content (AvgIpc) is 3.28. The van der Waals surface area contributed by atoms with Crippen molar-refractivity contribution in [1.82, 2.24) is 14.9 Å². The van der Waals surface area contributed by atoms with Gasteiger partial charge in [-0.15, -0.1) is 0 Å². The Bertz CT molecular complexity index is 992. The third kappa shape index (κ3) is 7.74. The lowest BCUT2D eigenvalue weighted by molar-refractivity contribution is -0.163. The van der Waals surface area contributed by atoms with E-state index >= 15 is 0 Å². The monoisotopic (exact) mass is 493 g/mol. The molecule has 2 atom stereocenters. The Kier molecular flexibility index (Phi) is 8.47. The summed E-state index contributed by atoms with van der Waals surface area (Å²) in [6.45, 7) is 5.82. The van der Waals surface area contributed by atoms with Gasteiger partial charge in [0, 0.05) is 31.6 Å². The molecule has 1 aliphatic heterocycles.